The minimum Gasteiger partial charge on any atom is -0.287 e. The molecule has 3 rings (SSSR count). The first kappa shape index (κ1) is 27.6. The summed E-state index contributed by atoms with van der Waals surface area (Å²) in [5.41, 5.74) is 1.58. The molecular weight excluding hydrogens is 420 g/mol. The number of hydrogen-bond donors (Lipinski definition) is 0. The van der Waals surface area contributed by atoms with Gasteiger partial charge in [-0.2, -0.15) is 10.1 Å². The van der Waals surface area contributed by atoms with E-state index in [4.69, 9.17) is 9.68 Å². The van der Waals surface area contributed by atoms with Gasteiger partial charge in [-0.05, 0) is 133 Å². The van der Waals surface area contributed by atoms with Crippen LogP contribution in [-0.2, 0) is 20.9 Å². The fourth-order valence-corrected chi connectivity index (χ4v) is 6.28. The first-order valence-electron chi connectivity index (χ1n) is 13.4. The smallest absolute Gasteiger partial charge is 0.109 e. The predicted octanol–water partition coefficient (Wildman–Crippen LogP) is 8.11. The summed E-state index contributed by atoms with van der Waals surface area (Å²) in [6.45, 7) is 27.2. The van der Waals surface area contributed by atoms with E-state index in [0.717, 1.165) is 25.7 Å². The van der Waals surface area contributed by atoms with Crippen LogP contribution in [0.2, 0.25) is 0 Å². The van der Waals surface area contributed by atoms with Crippen LogP contribution in [0.3, 0.4) is 0 Å². The van der Waals surface area contributed by atoms with Gasteiger partial charge in [-0.1, -0.05) is 24.3 Å². The van der Waals surface area contributed by atoms with Crippen molar-refractivity contribution in [3.05, 3.63) is 35.4 Å². The van der Waals surface area contributed by atoms with E-state index >= 15 is 0 Å². The summed E-state index contributed by atoms with van der Waals surface area (Å²) >= 11 is 0. The topological polar surface area (TPSA) is 24.9 Å². The Hall–Kier alpha value is -0.940. The van der Waals surface area contributed by atoms with Crippen LogP contribution in [0, 0.1) is 0 Å². The fraction of sp³-hybridized carbons (Fsp3) is 0.800. The Kier molecular flexibility index (Phi) is 7.21. The van der Waals surface area contributed by atoms with Crippen LogP contribution in [0.25, 0.3) is 0 Å². The van der Waals surface area contributed by atoms with Crippen LogP contribution < -0.4 is 0 Å². The highest BCUT2D eigenvalue weighted by atomic mass is 16.7. The first-order chi connectivity index (χ1) is 15.3. The molecule has 0 saturated carbocycles. The SMILES string of the molecule is CC(C)(ON1C(C)(C)CCCC1(C)C)c1ccc(C(C)(C)ON2C(C)(C)CCCC2(C)C)cc1. The van der Waals surface area contributed by atoms with E-state index in [1.807, 2.05) is 0 Å². The predicted molar refractivity (Wildman–Crippen MR) is 142 cm³/mol. The number of nitrogens with zero attached hydrogens (tertiary/aromatic N) is 2. The van der Waals surface area contributed by atoms with E-state index < -0.39 is 11.2 Å². The highest BCUT2D eigenvalue weighted by Crippen LogP contribution is 2.44. The number of benzene rings is 1. The van der Waals surface area contributed by atoms with Crippen LogP contribution in [0.4, 0.5) is 0 Å². The monoisotopic (exact) mass is 472 g/mol. The lowest BCUT2D eigenvalue weighted by Crippen LogP contribution is -2.60. The lowest BCUT2D eigenvalue weighted by molar-refractivity contribution is -0.333. The third kappa shape index (κ3) is 5.56. The van der Waals surface area contributed by atoms with Crippen molar-refractivity contribution in [3.8, 4) is 0 Å². The van der Waals surface area contributed by atoms with Gasteiger partial charge in [0.2, 0.25) is 0 Å². The summed E-state index contributed by atoms with van der Waals surface area (Å²) < 4.78 is 0. The molecule has 2 saturated heterocycles. The van der Waals surface area contributed by atoms with E-state index in [1.54, 1.807) is 0 Å². The maximum absolute atomic E-state index is 6.79. The van der Waals surface area contributed by atoms with Gasteiger partial charge in [0.1, 0.15) is 11.2 Å². The van der Waals surface area contributed by atoms with Crippen molar-refractivity contribution in [3.63, 3.8) is 0 Å². The van der Waals surface area contributed by atoms with Crippen molar-refractivity contribution >= 4 is 0 Å². The van der Waals surface area contributed by atoms with E-state index in [1.165, 1.54) is 24.0 Å². The molecule has 0 bridgehead atoms. The summed E-state index contributed by atoms with van der Waals surface area (Å²) in [4.78, 5) is 13.6. The molecule has 1 aromatic rings. The average Bonchev–Trinajstić information content (AvgIpc) is 2.68. The fourth-order valence-electron chi connectivity index (χ4n) is 6.28. The van der Waals surface area contributed by atoms with Crippen LogP contribution in [0.15, 0.2) is 24.3 Å². The second-order valence-electron chi connectivity index (χ2n) is 14.3. The van der Waals surface area contributed by atoms with Crippen molar-refractivity contribution in [2.45, 2.75) is 155 Å². The Labute approximate surface area is 210 Å². The molecule has 2 fully saturated rings. The molecule has 2 aliphatic rings. The molecule has 4 nitrogen and oxygen atoms in total. The van der Waals surface area contributed by atoms with E-state index in [9.17, 15) is 0 Å². The highest BCUT2D eigenvalue weighted by molar-refractivity contribution is 5.29. The van der Waals surface area contributed by atoms with Crippen LogP contribution in [-0.4, -0.2) is 32.3 Å². The summed E-state index contributed by atoms with van der Waals surface area (Å²) in [6.07, 6.45) is 7.10. The van der Waals surface area contributed by atoms with Crippen LogP contribution in [0.1, 0.15) is 133 Å². The maximum Gasteiger partial charge on any atom is 0.109 e. The zero-order valence-electron chi connectivity index (χ0n) is 24.3. The molecule has 0 spiro atoms. The Morgan fingerprint density at radius 1 is 0.529 bits per heavy atom. The average molecular weight is 473 g/mol. The van der Waals surface area contributed by atoms with Gasteiger partial charge >= 0.3 is 0 Å². The van der Waals surface area contributed by atoms with Crippen molar-refractivity contribution in [2.75, 3.05) is 0 Å². The zero-order valence-corrected chi connectivity index (χ0v) is 24.3. The quantitative estimate of drug-likeness (QED) is 0.417. The van der Waals surface area contributed by atoms with Crippen LogP contribution in [0.5, 0.6) is 0 Å². The lowest BCUT2D eigenvalue weighted by atomic mass is 9.82. The molecule has 2 aliphatic heterocycles. The van der Waals surface area contributed by atoms with E-state index in [0.29, 0.717) is 0 Å². The van der Waals surface area contributed by atoms with Gasteiger partial charge in [0.15, 0.2) is 0 Å². The number of rotatable bonds is 6. The van der Waals surface area contributed by atoms with E-state index in [2.05, 4.69) is 117 Å². The van der Waals surface area contributed by atoms with Gasteiger partial charge in [0.05, 0.1) is 0 Å². The molecule has 0 aliphatic carbocycles. The minimum absolute atomic E-state index is 0.0167. The molecular formula is C30H52N2O2. The van der Waals surface area contributed by atoms with Gasteiger partial charge in [0.25, 0.3) is 0 Å². The normalized spacial score (nSPS) is 25.3. The van der Waals surface area contributed by atoms with Gasteiger partial charge in [-0.3, -0.25) is 9.68 Å². The summed E-state index contributed by atoms with van der Waals surface area (Å²) in [5.74, 6) is 0. The summed E-state index contributed by atoms with van der Waals surface area (Å²) in [5, 5.41) is 4.54. The van der Waals surface area contributed by atoms with Crippen molar-refractivity contribution in [1.29, 1.82) is 0 Å². The number of piperidine rings is 2. The molecule has 4 heteroatoms. The lowest BCUT2D eigenvalue weighted by Gasteiger charge is -2.54. The molecule has 34 heavy (non-hydrogen) atoms. The number of hydrogen-bond acceptors (Lipinski definition) is 4. The molecule has 2 heterocycles. The third-order valence-electron chi connectivity index (χ3n) is 8.27. The van der Waals surface area contributed by atoms with Crippen LogP contribution >= 0.6 is 0 Å². The molecule has 0 radical (unpaired) electrons. The molecule has 0 aromatic heterocycles. The van der Waals surface area contributed by atoms with Crippen molar-refractivity contribution < 1.29 is 9.68 Å². The Morgan fingerprint density at radius 3 is 1.00 bits per heavy atom. The van der Waals surface area contributed by atoms with Crippen molar-refractivity contribution in [2.24, 2.45) is 0 Å². The maximum atomic E-state index is 6.79. The summed E-state index contributed by atoms with van der Waals surface area (Å²) in [6, 6.07) is 8.88. The third-order valence-corrected chi connectivity index (χ3v) is 8.27. The highest BCUT2D eigenvalue weighted by Gasteiger charge is 2.46. The van der Waals surface area contributed by atoms with E-state index in [-0.39, 0.29) is 22.2 Å². The molecule has 0 amide bonds. The first-order valence-corrected chi connectivity index (χ1v) is 13.4. The standard InChI is InChI=1S/C30H52N2O2/c1-25(2)19-13-20-26(3,4)31(25)33-29(9,10)23-15-17-24(18-16-23)30(11,12)34-32-27(5,6)21-14-22-28(32,7)8/h15-18H,13-14,19-22H2,1-12H3. The van der Waals surface area contributed by atoms with Gasteiger partial charge in [-0.15, -0.1) is 0 Å². The molecule has 194 valence electrons. The van der Waals surface area contributed by atoms with Gasteiger partial charge in [-0.25, -0.2) is 0 Å². The Morgan fingerprint density at radius 2 is 0.765 bits per heavy atom. The molecule has 0 unspecified atom stereocenters. The molecule has 0 N–H and O–H groups in total. The molecule has 0 atom stereocenters. The minimum atomic E-state index is -0.424. The largest absolute Gasteiger partial charge is 0.287 e. The Bertz CT molecular complexity index is 746. The summed E-state index contributed by atoms with van der Waals surface area (Å²) in [7, 11) is 0. The number of hydroxylamine groups is 4. The van der Waals surface area contributed by atoms with Crippen molar-refractivity contribution in [1.82, 2.24) is 10.1 Å². The second kappa shape index (κ2) is 8.87. The zero-order chi connectivity index (χ0) is 25.8. The Balaban J connectivity index is 1.80. The van der Waals surface area contributed by atoms with Gasteiger partial charge < -0.3 is 0 Å². The molecule has 1 aromatic carbocycles. The second-order valence-corrected chi connectivity index (χ2v) is 14.3. The van der Waals surface area contributed by atoms with Gasteiger partial charge in [0, 0.05) is 22.2 Å².